The number of H-pyrrole nitrogens is 1. The summed E-state index contributed by atoms with van der Waals surface area (Å²) in [4.78, 5) is 68.4. The Balaban J connectivity index is 2.99. The Morgan fingerprint density at radius 3 is 1.97 bits per heavy atom. The molecule has 1 rings (SSSR count). The van der Waals surface area contributed by atoms with Gasteiger partial charge in [-0.15, -0.1) is 0 Å². The molecule has 0 saturated heterocycles. The van der Waals surface area contributed by atoms with Crippen molar-refractivity contribution in [3.05, 3.63) is 18.2 Å². The molecule has 37 heavy (non-hydrogen) atoms. The van der Waals surface area contributed by atoms with Crippen molar-refractivity contribution in [3.8, 4) is 0 Å². The number of nitrogens with one attached hydrogen (secondary N) is 4. The van der Waals surface area contributed by atoms with E-state index in [1.807, 2.05) is 0 Å². The minimum atomic E-state index is -1.47. The number of primary amides is 1. The van der Waals surface area contributed by atoms with Crippen molar-refractivity contribution in [1.29, 1.82) is 0 Å². The number of carboxylic acids is 1. The van der Waals surface area contributed by atoms with Gasteiger partial charge in [0, 0.05) is 18.3 Å². The van der Waals surface area contributed by atoms with Crippen LogP contribution in [0.2, 0.25) is 0 Å². The molecule has 0 bridgehead atoms. The van der Waals surface area contributed by atoms with Crippen LogP contribution in [0, 0.1) is 0 Å². The number of aromatic amines is 1. The van der Waals surface area contributed by atoms with Crippen LogP contribution in [0.25, 0.3) is 0 Å². The lowest BCUT2D eigenvalue weighted by molar-refractivity contribution is -0.142. The molecule has 0 fully saturated rings. The summed E-state index contributed by atoms with van der Waals surface area (Å²) in [6, 6.07) is -4.80. The van der Waals surface area contributed by atoms with E-state index >= 15 is 0 Å². The Hall–Kier alpha value is -3.56. The first-order valence-corrected chi connectivity index (χ1v) is 12.1. The predicted octanol–water partition coefficient (Wildman–Crippen LogP) is -3.05. The van der Waals surface area contributed by atoms with Crippen molar-refractivity contribution < 1.29 is 29.1 Å². The largest absolute Gasteiger partial charge is 0.480 e. The average molecular weight is 526 g/mol. The molecular formula is C22H39N9O6. The van der Waals surface area contributed by atoms with E-state index in [1.165, 1.54) is 12.5 Å². The molecule has 0 spiro atoms. The van der Waals surface area contributed by atoms with Gasteiger partial charge in [-0.25, -0.2) is 9.78 Å². The Kier molecular flexibility index (Phi) is 14.5. The molecule has 0 aromatic carbocycles. The second-order valence-corrected chi connectivity index (χ2v) is 8.65. The van der Waals surface area contributed by atoms with Crippen molar-refractivity contribution in [2.75, 3.05) is 13.1 Å². The molecule has 0 radical (unpaired) electrons. The summed E-state index contributed by atoms with van der Waals surface area (Å²) in [7, 11) is 0. The van der Waals surface area contributed by atoms with Crippen molar-refractivity contribution in [2.24, 2.45) is 22.9 Å². The van der Waals surface area contributed by atoms with E-state index in [2.05, 4.69) is 25.9 Å². The highest BCUT2D eigenvalue weighted by atomic mass is 16.4. The molecular weight excluding hydrogens is 486 g/mol. The molecule has 13 N–H and O–H groups in total. The molecule has 1 aromatic rings. The standard InChI is InChI=1S/C22H39N9O6/c23-7-3-1-5-14(25)19(33)30-16(9-13-11-27-12-28-13)20(34)31-17(10-18(26)32)21(35)29-15(22(36)37)6-2-4-8-24/h11-12,14-17H,1-10,23-25H2,(H2,26,32)(H,27,28)(H,29,35)(H,30,33)(H,31,34)(H,36,37). The summed E-state index contributed by atoms with van der Waals surface area (Å²) in [5, 5.41) is 16.7. The third-order valence-corrected chi connectivity index (χ3v) is 5.52. The van der Waals surface area contributed by atoms with Crippen LogP contribution in [0.5, 0.6) is 0 Å². The van der Waals surface area contributed by atoms with Gasteiger partial charge in [0.1, 0.15) is 18.1 Å². The summed E-state index contributed by atoms with van der Waals surface area (Å²) >= 11 is 0. The summed E-state index contributed by atoms with van der Waals surface area (Å²) in [6.45, 7) is 0.818. The Bertz CT molecular complexity index is 880. The zero-order chi connectivity index (χ0) is 27.8. The quantitative estimate of drug-likeness (QED) is 0.0823. The molecule has 4 amide bonds. The second kappa shape index (κ2) is 17.0. The number of nitrogens with zero attached hydrogens (tertiary/aromatic N) is 1. The van der Waals surface area contributed by atoms with Crippen molar-refractivity contribution in [1.82, 2.24) is 25.9 Å². The van der Waals surface area contributed by atoms with Crippen molar-refractivity contribution in [2.45, 2.75) is 75.5 Å². The van der Waals surface area contributed by atoms with Crippen LogP contribution in [0.1, 0.15) is 50.6 Å². The van der Waals surface area contributed by atoms with Crippen LogP contribution in [-0.4, -0.2) is 81.9 Å². The monoisotopic (exact) mass is 525 g/mol. The van der Waals surface area contributed by atoms with Gasteiger partial charge in [-0.05, 0) is 45.2 Å². The lowest BCUT2D eigenvalue weighted by Crippen LogP contribution is -2.58. The van der Waals surface area contributed by atoms with Gasteiger partial charge in [0.15, 0.2) is 0 Å². The SMILES string of the molecule is NCCCCC(N)C(=O)NC(Cc1cnc[nH]1)C(=O)NC(CC(N)=O)C(=O)NC(CCCCN)C(=O)O. The maximum atomic E-state index is 13.1. The number of carbonyl (C=O) groups is 5. The fraction of sp³-hybridized carbons (Fsp3) is 0.636. The van der Waals surface area contributed by atoms with Gasteiger partial charge < -0.3 is 49.0 Å². The molecule has 208 valence electrons. The van der Waals surface area contributed by atoms with Gasteiger partial charge in [-0.1, -0.05) is 6.42 Å². The normalized spacial score (nSPS) is 14.1. The lowest BCUT2D eigenvalue weighted by Gasteiger charge is -2.24. The van der Waals surface area contributed by atoms with E-state index in [-0.39, 0.29) is 12.8 Å². The number of hydrogen-bond donors (Lipinski definition) is 9. The van der Waals surface area contributed by atoms with Crippen LogP contribution in [0.3, 0.4) is 0 Å². The number of imidazole rings is 1. The Morgan fingerprint density at radius 2 is 1.43 bits per heavy atom. The highest BCUT2D eigenvalue weighted by Gasteiger charge is 2.31. The van der Waals surface area contributed by atoms with Gasteiger partial charge in [-0.3, -0.25) is 19.2 Å². The fourth-order valence-electron chi connectivity index (χ4n) is 3.45. The van der Waals surface area contributed by atoms with Gasteiger partial charge >= 0.3 is 5.97 Å². The average Bonchev–Trinajstić information content (AvgIpc) is 3.35. The van der Waals surface area contributed by atoms with E-state index < -0.39 is 60.2 Å². The second-order valence-electron chi connectivity index (χ2n) is 8.65. The Labute approximate surface area is 214 Å². The molecule has 0 aliphatic heterocycles. The van der Waals surface area contributed by atoms with Crippen LogP contribution in [0.15, 0.2) is 12.5 Å². The molecule has 4 unspecified atom stereocenters. The van der Waals surface area contributed by atoms with E-state index in [4.69, 9.17) is 22.9 Å². The smallest absolute Gasteiger partial charge is 0.326 e. The minimum Gasteiger partial charge on any atom is -0.480 e. The zero-order valence-electron chi connectivity index (χ0n) is 20.8. The van der Waals surface area contributed by atoms with Crippen LogP contribution in [-0.2, 0) is 30.4 Å². The van der Waals surface area contributed by atoms with Gasteiger partial charge in [0.05, 0.1) is 18.8 Å². The molecule has 4 atom stereocenters. The summed E-state index contributed by atoms with van der Waals surface area (Å²) in [5.74, 6) is -4.46. The predicted molar refractivity (Wildman–Crippen MR) is 133 cm³/mol. The molecule has 0 aliphatic carbocycles. The van der Waals surface area contributed by atoms with Crippen LogP contribution in [0.4, 0.5) is 0 Å². The highest BCUT2D eigenvalue weighted by molar-refractivity contribution is 5.96. The minimum absolute atomic E-state index is 0.0190. The summed E-state index contributed by atoms with van der Waals surface area (Å²) in [5.41, 5.74) is 22.6. The maximum Gasteiger partial charge on any atom is 0.326 e. The van der Waals surface area contributed by atoms with Crippen LogP contribution < -0.4 is 38.9 Å². The molecule has 0 aliphatic rings. The van der Waals surface area contributed by atoms with E-state index in [0.717, 1.165) is 0 Å². The molecule has 15 heteroatoms. The summed E-state index contributed by atoms with van der Waals surface area (Å²) in [6.07, 6.45) is 5.03. The van der Waals surface area contributed by atoms with Crippen molar-refractivity contribution >= 4 is 29.6 Å². The van der Waals surface area contributed by atoms with Gasteiger partial charge in [-0.2, -0.15) is 0 Å². The molecule has 15 nitrogen and oxygen atoms in total. The number of unbranched alkanes of at least 4 members (excludes halogenated alkanes) is 2. The van der Waals surface area contributed by atoms with Crippen molar-refractivity contribution in [3.63, 3.8) is 0 Å². The number of carboxylic acid groups (broad SMARTS) is 1. The number of aromatic nitrogens is 2. The number of hydrogen-bond acceptors (Lipinski definition) is 9. The van der Waals surface area contributed by atoms with E-state index in [0.29, 0.717) is 50.9 Å². The number of nitrogens with two attached hydrogens (primary N) is 4. The molecule has 1 heterocycles. The van der Waals surface area contributed by atoms with Gasteiger partial charge in [0.2, 0.25) is 23.6 Å². The third-order valence-electron chi connectivity index (χ3n) is 5.52. The first-order chi connectivity index (χ1) is 17.6. The van der Waals surface area contributed by atoms with E-state index in [1.54, 1.807) is 0 Å². The molecule has 0 saturated carbocycles. The fourth-order valence-corrected chi connectivity index (χ4v) is 3.45. The van der Waals surface area contributed by atoms with Gasteiger partial charge in [0.25, 0.3) is 0 Å². The maximum absolute atomic E-state index is 13.1. The Morgan fingerprint density at radius 1 is 0.865 bits per heavy atom. The molecule has 1 aromatic heterocycles. The number of amides is 4. The van der Waals surface area contributed by atoms with E-state index in [9.17, 15) is 29.1 Å². The topological polar surface area (TPSA) is 274 Å². The highest BCUT2D eigenvalue weighted by Crippen LogP contribution is 2.06. The summed E-state index contributed by atoms with van der Waals surface area (Å²) < 4.78 is 0. The van der Waals surface area contributed by atoms with Crippen LogP contribution >= 0.6 is 0 Å². The third kappa shape index (κ3) is 12.3. The number of rotatable bonds is 19. The lowest BCUT2D eigenvalue weighted by atomic mass is 10.1. The number of aliphatic carboxylic acids is 1. The number of carbonyl (C=O) groups excluding carboxylic acids is 4. The zero-order valence-corrected chi connectivity index (χ0v) is 20.8. The first-order valence-electron chi connectivity index (χ1n) is 12.1. The first kappa shape index (κ1) is 31.5.